The van der Waals surface area contributed by atoms with Crippen LogP contribution in [0.2, 0.25) is 0 Å². The van der Waals surface area contributed by atoms with Crippen LogP contribution in [0.4, 0.5) is 50.9 Å². The van der Waals surface area contributed by atoms with Crippen LogP contribution in [0.3, 0.4) is 0 Å². The molecule has 0 unspecified atom stereocenters. The fraction of sp³-hybridized carbons (Fsp3) is 0. The van der Waals surface area contributed by atoms with E-state index in [1.807, 2.05) is 42.5 Å². The molecule has 2 aromatic heterocycles. The van der Waals surface area contributed by atoms with Gasteiger partial charge in [-0.1, -0.05) is 42.5 Å². The van der Waals surface area contributed by atoms with Crippen molar-refractivity contribution in [1.82, 2.24) is 24.9 Å². The molecule has 0 fully saturated rings. The molecule has 216 valence electrons. The first-order chi connectivity index (χ1) is 21.4. The zero-order valence-electron chi connectivity index (χ0n) is 22.8. The topological polar surface area (TPSA) is 170 Å². The van der Waals surface area contributed by atoms with E-state index in [2.05, 4.69) is 40.9 Å². The predicted octanol–water partition coefficient (Wildman–Crippen LogP) is 6.86. The van der Waals surface area contributed by atoms with E-state index >= 15 is 0 Å². The van der Waals surface area contributed by atoms with E-state index in [4.69, 9.17) is 5.73 Å². The normalized spacial score (nSPS) is 10.7. The van der Waals surface area contributed by atoms with Gasteiger partial charge in [-0.15, -0.1) is 0 Å². The Balaban J connectivity index is 1.27. The highest BCUT2D eigenvalue weighted by Crippen LogP contribution is 2.31. The third kappa shape index (κ3) is 6.52. The minimum atomic E-state index is -0.462. The van der Waals surface area contributed by atoms with Crippen LogP contribution in [0.25, 0.3) is 22.5 Å². The van der Waals surface area contributed by atoms with Crippen molar-refractivity contribution in [2.45, 2.75) is 0 Å². The van der Waals surface area contributed by atoms with Gasteiger partial charge in [0.1, 0.15) is 5.82 Å². The maximum Gasteiger partial charge on any atom is 0.278 e. The van der Waals surface area contributed by atoms with Gasteiger partial charge < -0.3 is 21.7 Å². The molecule has 0 saturated heterocycles. The fourth-order valence-electron chi connectivity index (χ4n) is 4.31. The molecule has 0 saturated carbocycles. The van der Waals surface area contributed by atoms with Gasteiger partial charge in [-0.05, 0) is 60.7 Å². The highest BCUT2D eigenvalue weighted by atomic mass is 19.1. The van der Waals surface area contributed by atoms with E-state index in [9.17, 15) is 14.5 Å². The van der Waals surface area contributed by atoms with Crippen LogP contribution < -0.4 is 21.7 Å². The lowest BCUT2D eigenvalue weighted by Crippen LogP contribution is -2.07. The summed E-state index contributed by atoms with van der Waals surface area (Å²) < 4.78 is 13.4. The Morgan fingerprint density at radius 2 is 1.11 bits per heavy atom. The number of nitro benzene ring substituents is 1. The standard InChI is InChI=1S/C31H23FN10O2/c32-20-12-16-23(17-13-20)36-31-40-29(34-21-6-2-1-3-7-21)39-30(41-31)35-22-14-10-19(11-15-22)25-18-26(38-28(33)37-25)24-8-4-5-9-27(24)42(43)44/h1-18H,(H2,33,37,38)(H3,34,35,36,39,40,41). The summed E-state index contributed by atoms with van der Waals surface area (Å²) in [5, 5.41) is 21.0. The zero-order chi connectivity index (χ0) is 30.5. The molecular weight excluding hydrogens is 563 g/mol. The van der Waals surface area contributed by atoms with Crippen LogP contribution in [-0.2, 0) is 0 Å². The number of hydrogen-bond acceptors (Lipinski definition) is 11. The average molecular weight is 587 g/mol. The molecule has 13 heteroatoms. The summed E-state index contributed by atoms with van der Waals surface area (Å²) in [5.41, 5.74) is 9.84. The van der Waals surface area contributed by atoms with E-state index in [1.54, 1.807) is 48.5 Å². The van der Waals surface area contributed by atoms with E-state index in [-0.39, 0.29) is 35.3 Å². The van der Waals surface area contributed by atoms with Gasteiger partial charge >= 0.3 is 0 Å². The maximum atomic E-state index is 13.4. The zero-order valence-corrected chi connectivity index (χ0v) is 22.8. The third-order valence-electron chi connectivity index (χ3n) is 6.32. The molecule has 6 rings (SSSR count). The molecule has 0 aliphatic rings. The van der Waals surface area contributed by atoms with Crippen molar-refractivity contribution in [3.8, 4) is 22.5 Å². The Hall–Kier alpha value is -6.50. The first-order valence-electron chi connectivity index (χ1n) is 13.3. The van der Waals surface area contributed by atoms with Crippen molar-refractivity contribution in [2.75, 3.05) is 21.7 Å². The number of nitrogen functional groups attached to an aromatic ring is 1. The van der Waals surface area contributed by atoms with Crippen molar-refractivity contribution >= 4 is 46.5 Å². The van der Waals surface area contributed by atoms with Crippen molar-refractivity contribution in [3.63, 3.8) is 0 Å². The second-order valence-electron chi connectivity index (χ2n) is 9.40. The van der Waals surface area contributed by atoms with Crippen molar-refractivity contribution in [1.29, 1.82) is 0 Å². The molecule has 0 atom stereocenters. The Kier molecular flexibility index (Phi) is 7.65. The number of hydrogen-bond donors (Lipinski definition) is 4. The van der Waals surface area contributed by atoms with Gasteiger partial charge in [0.2, 0.25) is 23.8 Å². The lowest BCUT2D eigenvalue weighted by molar-refractivity contribution is -0.384. The first-order valence-corrected chi connectivity index (χ1v) is 13.3. The van der Waals surface area contributed by atoms with Gasteiger partial charge in [0, 0.05) is 28.7 Å². The van der Waals surface area contributed by atoms with Crippen molar-refractivity contribution < 1.29 is 9.31 Å². The molecule has 5 N–H and O–H groups in total. The van der Waals surface area contributed by atoms with E-state index in [0.717, 1.165) is 5.69 Å². The highest BCUT2D eigenvalue weighted by Gasteiger charge is 2.17. The summed E-state index contributed by atoms with van der Waals surface area (Å²) in [6.45, 7) is 0. The predicted molar refractivity (Wildman–Crippen MR) is 166 cm³/mol. The molecule has 0 amide bonds. The lowest BCUT2D eigenvalue weighted by Gasteiger charge is -2.12. The number of anilines is 7. The van der Waals surface area contributed by atoms with Crippen LogP contribution in [0.15, 0.2) is 109 Å². The van der Waals surface area contributed by atoms with Crippen LogP contribution in [0, 0.1) is 15.9 Å². The minimum Gasteiger partial charge on any atom is -0.368 e. The van der Waals surface area contributed by atoms with Crippen molar-refractivity contribution in [3.05, 3.63) is 125 Å². The Bertz CT molecular complexity index is 1940. The minimum absolute atomic E-state index is 0.0114. The average Bonchev–Trinajstić information content (AvgIpc) is 3.02. The number of halogens is 1. The number of para-hydroxylation sites is 2. The summed E-state index contributed by atoms with van der Waals surface area (Å²) in [7, 11) is 0. The van der Waals surface area contributed by atoms with Crippen molar-refractivity contribution in [2.24, 2.45) is 0 Å². The molecule has 4 aromatic carbocycles. The number of nitrogens with one attached hydrogen (secondary N) is 3. The maximum absolute atomic E-state index is 13.4. The largest absolute Gasteiger partial charge is 0.368 e. The molecule has 0 aliphatic carbocycles. The molecule has 0 spiro atoms. The van der Waals surface area contributed by atoms with Gasteiger partial charge in [0.25, 0.3) is 5.69 Å². The number of aromatic nitrogens is 5. The molecule has 0 aliphatic heterocycles. The van der Waals surface area contributed by atoms with Gasteiger partial charge in [-0.25, -0.2) is 14.4 Å². The number of nitrogens with zero attached hydrogens (tertiary/aromatic N) is 6. The summed E-state index contributed by atoms with van der Waals surface area (Å²) >= 11 is 0. The second kappa shape index (κ2) is 12.2. The molecule has 0 bridgehead atoms. The summed E-state index contributed by atoms with van der Waals surface area (Å²) in [4.78, 5) is 33.1. The monoisotopic (exact) mass is 586 g/mol. The highest BCUT2D eigenvalue weighted by molar-refractivity contribution is 5.76. The quantitative estimate of drug-likeness (QED) is 0.103. The summed E-state index contributed by atoms with van der Waals surface area (Å²) in [5.74, 6) is 0.409. The molecule has 12 nitrogen and oxygen atoms in total. The van der Waals surface area contributed by atoms with Gasteiger partial charge in [0.05, 0.1) is 21.9 Å². The second-order valence-corrected chi connectivity index (χ2v) is 9.40. The SMILES string of the molecule is Nc1nc(-c2ccc(Nc3nc(Nc4ccccc4)nc(Nc4ccc(F)cc4)n3)cc2)cc(-c2ccccc2[N+](=O)[O-])n1. The smallest absolute Gasteiger partial charge is 0.278 e. The Morgan fingerprint density at radius 1 is 0.614 bits per heavy atom. The van der Waals surface area contributed by atoms with Gasteiger partial charge in [0.15, 0.2) is 0 Å². The van der Waals surface area contributed by atoms with Gasteiger partial charge in [-0.2, -0.15) is 15.0 Å². The van der Waals surface area contributed by atoms with Gasteiger partial charge in [-0.3, -0.25) is 10.1 Å². The number of nitrogens with two attached hydrogens (primary N) is 1. The molecular formula is C31H23FN10O2. The van der Waals surface area contributed by atoms with E-state index in [1.165, 1.54) is 18.2 Å². The van der Waals surface area contributed by atoms with E-state index < -0.39 is 4.92 Å². The van der Waals surface area contributed by atoms with Crippen LogP contribution >= 0.6 is 0 Å². The van der Waals surface area contributed by atoms with Crippen LogP contribution in [0.5, 0.6) is 0 Å². The molecule has 0 radical (unpaired) electrons. The van der Waals surface area contributed by atoms with Crippen LogP contribution in [-0.4, -0.2) is 29.8 Å². The molecule has 6 aromatic rings. The Morgan fingerprint density at radius 3 is 1.70 bits per heavy atom. The summed E-state index contributed by atoms with van der Waals surface area (Å²) in [6.07, 6.45) is 0. The third-order valence-corrected chi connectivity index (χ3v) is 6.32. The number of nitro groups is 1. The molecule has 44 heavy (non-hydrogen) atoms. The number of benzene rings is 4. The first kappa shape index (κ1) is 27.7. The fourth-order valence-corrected chi connectivity index (χ4v) is 4.31. The van der Waals surface area contributed by atoms with Crippen LogP contribution in [0.1, 0.15) is 0 Å². The van der Waals surface area contributed by atoms with E-state index in [0.29, 0.717) is 33.9 Å². The number of rotatable bonds is 9. The Labute approximate surface area is 250 Å². The summed E-state index contributed by atoms with van der Waals surface area (Å²) in [6, 6.07) is 30.5. The molecule has 2 heterocycles. The lowest BCUT2D eigenvalue weighted by atomic mass is 10.1.